The van der Waals surface area contributed by atoms with Crippen LogP contribution < -0.4 is 0 Å². The maximum atomic E-state index is 9.70. The first-order valence-electron chi connectivity index (χ1n) is 5.74. The molecule has 0 spiro atoms. The summed E-state index contributed by atoms with van der Waals surface area (Å²) in [5.74, 6) is 2.41. The van der Waals surface area contributed by atoms with Crippen LogP contribution in [0, 0.1) is 0 Å². The van der Waals surface area contributed by atoms with Gasteiger partial charge in [-0.05, 0) is 30.4 Å². The smallest absolute Gasteiger partial charge is 0.0884 e. The Kier molecular flexibility index (Phi) is 4.22. The predicted molar refractivity (Wildman–Crippen MR) is 74.0 cm³/mol. The number of rotatable bonds is 3. The van der Waals surface area contributed by atoms with Gasteiger partial charge in [-0.15, -0.1) is 23.5 Å². The van der Waals surface area contributed by atoms with E-state index in [4.69, 9.17) is 0 Å². The van der Waals surface area contributed by atoms with E-state index in [9.17, 15) is 5.11 Å². The first-order valence-corrected chi connectivity index (χ1v) is 7.71. The lowest BCUT2D eigenvalue weighted by Gasteiger charge is -2.37. The zero-order chi connectivity index (χ0) is 11.4. The molecule has 2 rings (SSSR count). The van der Waals surface area contributed by atoms with Crippen molar-refractivity contribution in [2.45, 2.75) is 29.9 Å². The van der Waals surface area contributed by atoms with Crippen LogP contribution in [0.2, 0.25) is 0 Å². The summed E-state index contributed by atoms with van der Waals surface area (Å²) in [6, 6.07) is 10.6. The second-order valence-electron chi connectivity index (χ2n) is 4.22. The Morgan fingerprint density at radius 2 is 1.88 bits per heavy atom. The van der Waals surface area contributed by atoms with Gasteiger partial charge in [-0.3, -0.25) is 0 Å². The third-order valence-corrected chi connectivity index (χ3v) is 6.17. The Bertz CT molecular complexity index is 318. The van der Waals surface area contributed by atoms with Crippen molar-refractivity contribution in [3.8, 4) is 0 Å². The Balaban J connectivity index is 2.26. The molecule has 0 amide bonds. The largest absolute Gasteiger partial charge is 0.393 e. The molecule has 88 valence electrons. The maximum Gasteiger partial charge on any atom is 0.0884 e. The number of thioether (sulfide) groups is 2. The Labute approximate surface area is 106 Å². The van der Waals surface area contributed by atoms with Crippen molar-refractivity contribution in [2.75, 3.05) is 11.5 Å². The summed E-state index contributed by atoms with van der Waals surface area (Å²) >= 11 is 3.99. The number of aliphatic hydroxyl groups excluding tert-OH is 1. The van der Waals surface area contributed by atoms with Gasteiger partial charge in [0.1, 0.15) is 0 Å². The van der Waals surface area contributed by atoms with E-state index in [0.29, 0.717) is 0 Å². The minimum atomic E-state index is -0.238. The molecule has 0 unspecified atom stereocenters. The van der Waals surface area contributed by atoms with Gasteiger partial charge in [-0.1, -0.05) is 30.3 Å². The molecule has 1 fully saturated rings. The molecular weight excluding hydrogens is 236 g/mol. The molecule has 1 saturated heterocycles. The fourth-order valence-electron chi connectivity index (χ4n) is 2.06. The number of hydrogen-bond donors (Lipinski definition) is 1. The highest BCUT2D eigenvalue weighted by Gasteiger charge is 2.36. The van der Waals surface area contributed by atoms with Crippen LogP contribution in [0.4, 0.5) is 0 Å². The van der Waals surface area contributed by atoms with Crippen molar-refractivity contribution in [3.63, 3.8) is 0 Å². The quantitative estimate of drug-likeness (QED) is 0.892. The van der Waals surface area contributed by atoms with E-state index in [-0.39, 0.29) is 10.2 Å². The van der Waals surface area contributed by atoms with Crippen molar-refractivity contribution in [1.82, 2.24) is 0 Å². The van der Waals surface area contributed by atoms with E-state index in [1.807, 2.05) is 30.4 Å². The Morgan fingerprint density at radius 1 is 1.25 bits per heavy atom. The first kappa shape index (κ1) is 12.3. The van der Waals surface area contributed by atoms with Gasteiger partial charge in [0.05, 0.1) is 10.2 Å². The van der Waals surface area contributed by atoms with Gasteiger partial charge in [0.25, 0.3) is 0 Å². The van der Waals surface area contributed by atoms with E-state index in [2.05, 4.69) is 30.3 Å². The molecule has 0 aliphatic carbocycles. The average Bonchev–Trinajstić information content (AvgIpc) is 2.30. The molecule has 1 heterocycles. The summed E-state index contributed by atoms with van der Waals surface area (Å²) in [5, 5.41) is 9.70. The van der Waals surface area contributed by atoms with Crippen LogP contribution in [-0.4, -0.2) is 22.7 Å². The molecule has 3 heteroatoms. The van der Waals surface area contributed by atoms with Gasteiger partial charge in [0.2, 0.25) is 0 Å². The van der Waals surface area contributed by atoms with Crippen LogP contribution in [0.5, 0.6) is 0 Å². The molecule has 0 aromatic heterocycles. The fourth-order valence-corrected chi connectivity index (χ4v) is 5.63. The third kappa shape index (κ3) is 2.76. The fraction of sp³-hybridized carbons (Fsp3) is 0.538. The summed E-state index contributed by atoms with van der Waals surface area (Å²) in [6.45, 7) is 1.89. The summed E-state index contributed by atoms with van der Waals surface area (Å²) < 4.78 is 0.0771. The third-order valence-electron chi connectivity index (χ3n) is 2.74. The molecule has 1 nitrogen and oxygen atoms in total. The van der Waals surface area contributed by atoms with Crippen molar-refractivity contribution in [3.05, 3.63) is 35.9 Å². The second kappa shape index (κ2) is 5.48. The van der Waals surface area contributed by atoms with E-state index in [0.717, 1.165) is 6.42 Å². The highest BCUT2D eigenvalue weighted by Crippen LogP contribution is 2.53. The van der Waals surface area contributed by atoms with Crippen molar-refractivity contribution in [1.29, 1.82) is 0 Å². The van der Waals surface area contributed by atoms with E-state index in [1.54, 1.807) is 0 Å². The molecule has 16 heavy (non-hydrogen) atoms. The first-order chi connectivity index (χ1) is 7.73. The molecule has 1 aromatic carbocycles. The zero-order valence-electron chi connectivity index (χ0n) is 9.56. The molecule has 1 atom stereocenters. The molecule has 0 saturated carbocycles. The highest BCUT2D eigenvalue weighted by atomic mass is 32.2. The van der Waals surface area contributed by atoms with Crippen LogP contribution in [0.1, 0.15) is 25.3 Å². The van der Waals surface area contributed by atoms with Crippen molar-refractivity contribution >= 4 is 23.5 Å². The molecule has 0 bridgehead atoms. The minimum Gasteiger partial charge on any atom is -0.393 e. The van der Waals surface area contributed by atoms with Crippen LogP contribution in [0.3, 0.4) is 0 Å². The normalized spacial score (nSPS) is 21.6. The second-order valence-corrected chi connectivity index (χ2v) is 7.27. The molecule has 0 radical (unpaired) electrons. The number of benzene rings is 1. The van der Waals surface area contributed by atoms with Gasteiger partial charge < -0.3 is 5.11 Å². The Morgan fingerprint density at radius 3 is 2.44 bits per heavy atom. The number of aliphatic hydroxyl groups is 1. The lowest BCUT2D eigenvalue weighted by atomic mass is 10.1. The highest BCUT2D eigenvalue weighted by molar-refractivity contribution is 8.18. The van der Waals surface area contributed by atoms with Gasteiger partial charge in [0.15, 0.2) is 0 Å². The molecule has 1 N–H and O–H groups in total. The van der Waals surface area contributed by atoms with Gasteiger partial charge in [-0.2, -0.15) is 0 Å². The van der Waals surface area contributed by atoms with E-state index < -0.39 is 0 Å². The van der Waals surface area contributed by atoms with Crippen molar-refractivity contribution in [2.24, 2.45) is 0 Å². The predicted octanol–water partition coefficient (Wildman–Crippen LogP) is 3.48. The van der Waals surface area contributed by atoms with Crippen molar-refractivity contribution < 1.29 is 5.11 Å². The summed E-state index contributed by atoms with van der Waals surface area (Å²) in [7, 11) is 0. The topological polar surface area (TPSA) is 20.2 Å². The summed E-state index contributed by atoms with van der Waals surface area (Å²) in [6.07, 6.45) is 1.88. The van der Waals surface area contributed by atoms with E-state index in [1.165, 1.54) is 23.5 Å². The summed E-state index contributed by atoms with van der Waals surface area (Å²) in [5.41, 5.74) is 1.35. The monoisotopic (exact) mass is 254 g/mol. The number of hydrogen-bond acceptors (Lipinski definition) is 3. The standard InChI is InChI=1S/C13H18OS2/c1-11(14)10-13(15-8-5-9-16-13)12-6-3-2-4-7-12/h2-4,6-7,11,14H,5,8-10H2,1H3/t11-/m0/s1. The molecule has 1 aromatic rings. The van der Waals surface area contributed by atoms with E-state index >= 15 is 0 Å². The summed E-state index contributed by atoms with van der Waals surface area (Å²) in [4.78, 5) is 0. The maximum absolute atomic E-state index is 9.70. The van der Waals surface area contributed by atoms with Crippen LogP contribution >= 0.6 is 23.5 Å². The minimum absolute atomic E-state index is 0.0771. The molecule has 1 aliphatic rings. The lowest BCUT2D eigenvalue weighted by Crippen LogP contribution is -2.27. The molecule has 1 aliphatic heterocycles. The van der Waals surface area contributed by atoms with Gasteiger partial charge in [0, 0.05) is 6.42 Å². The zero-order valence-corrected chi connectivity index (χ0v) is 11.2. The molecular formula is C13H18OS2. The average molecular weight is 254 g/mol. The van der Waals surface area contributed by atoms with Crippen LogP contribution in [0.25, 0.3) is 0 Å². The van der Waals surface area contributed by atoms with Gasteiger partial charge >= 0.3 is 0 Å². The Hall–Kier alpha value is -0.120. The SMILES string of the molecule is C[C@H](O)CC1(c2ccccc2)SCCCS1. The van der Waals surface area contributed by atoms with Crippen LogP contribution in [0.15, 0.2) is 30.3 Å². The lowest BCUT2D eigenvalue weighted by molar-refractivity contribution is 0.180. The van der Waals surface area contributed by atoms with Crippen LogP contribution in [-0.2, 0) is 4.08 Å². The van der Waals surface area contributed by atoms with Gasteiger partial charge in [-0.25, -0.2) is 0 Å².